The summed E-state index contributed by atoms with van der Waals surface area (Å²) in [6.07, 6.45) is -0.570. The number of hydrogen-bond donors (Lipinski definition) is 1. The Bertz CT molecular complexity index is 694. The molecule has 106 valence electrons. The number of ether oxygens (including phenoxy) is 2. The number of benzene rings is 2. The van der Waals surface area contributed by atoms with Crippen molar-refractivity contribution in [2.75, 3.05) is 7.11 Å². The van der Waals surface area contributed by atoms with Crippen LogP contribution in [0.2, 0.25) is 0 Å². The highest BCUT2D eigenvalue weighted by Gasteiger charge is 2.26. The van der Waals surface area contributed by atoms with Gasteiger partial charge < -0.3 is 14.8 Å². The number of nitrogens with one attached hydrogen (secondary N) is 1. The van der Waals surface area contributed by atoms with Gasteiger partial charge >= 0.3 is 5.97 Å². The standard InChI is InChI=1S/C16H13NO4/c1-20-16(19)11-8-6-10(7-9-11)15-17-14(18)12-4-2-3-5-13(12)21-15/h2-9,15H,1H3,(H,17,18)/t15-/m0/s1. The third-order valence-electron chi connectivity index (χ3n) is 3.27. The number of carbonyl (C=O) groups excluding carboxylic acids is 2. The lowest BCUT2D eigenvalue weighted by atomic mass is 10.1. The van der Waals surface area contributed by atoms with E-state index in [4.69, 9.17) is 4.74 Å². The van der Waals surface area contributed by atoms with Crippen LogP contribution in [-0.2, 0) is 4.74 Å². The summed E-state index contributed by atoms with van der Waals surface area (Å²) in [6.45, 7) is 0. The molecule has 1 atom stereocenters. The van der Waals surface area contributed by atoms with E-state index in [0.29, 0.717) is 16.9 Å². The Labute approximate surface area is 121 Å². The van der Waals surface area contributed by atoms with Crippen LogP contribution in [-0.4, -0.2) is 19.0 Å². The SMILES string of the molecule is COC(=O)c1ccc([C@H]2NC(=O)c3ccccc3O2)cc1. The number of methoxy groups -OCH3 is 1. The van der Waals surface area contributed by atoms with Crippen LogP contribution >= 0.6 is 0 Å². The molecule has 1 heterocycles. The molecule has 0 saturated carbocycles. The maximum Gasteiger partial charge on any atom is 0.337 e. The molecule has 2 aromatic rings. The Morgan fingerprint density at radius 2 is 1.86 bits per heavy atom. The molecule has 1 aliphatic rings. The Hall–Kier alpha value is -2.82. The second kappa shape index (κ2) is 5.28. The Kier molecular flexibility index (Phi) is 3.31. The van der Waals surface area contributed by atoms with Gasteiger partial charge in [-0.05, 0) is 24.3 Å². The van der Waals surface area contributed by atoms with Crippen molar-refractivity contribution >= 4 is 11.9 Å². The van der Waals surface area contributed by atoms with Gasteiger partial charge in [0.05, 0.1) is 18.2 Å². The predicted molar refractivity (Wildman–Crippen MR) is 75.1 cm³/mol. The third kappa shape index (κ3) is 2.45. The molecular weight excluding hydrogens is 270 g/mol. The van der Waals surface area contributed by atoms with Crippen LogP contribution in [0.5, 0.6) is 5.75 Å². The first-order chi connectivity index (χ1) is 10.2. The summed E-state index contributed by atoms with van der Waals surface area (Å²) < 4.78 is 10.4. The van der Waals surface area contributed by atoms with Crippen molar-refractivity contribution in [3.05, 3.63) is 65.2 Å². The van der Waals surface area contributed by atoms with Gasteiger partial charge in [0.25, 0.3) is 5.91 Å². The fourth-order valence-electron chi connectivity index (χ4n) is 2.17. The molecule has 0 unspecified atom stereocenters. The molecule has 5 nitrogen and oxygen atoms in total. The summed E-state index contributed by atoms with van der Waals surface area (Å²) in [7, 11) is 1.33. The zero-order valence-electron chi connectivity index (χ0n) is 11.3. The highest BCUT2D eigenvalue weighted by molar-refractivity contribution is 5.98. The topological polar surface area (TPSA) is 64.6 Å². The molecule has 2 aromatic carbocycles. The fourth-order valence-corrected chi connectivity index (χ4v) is 2.17. The molecule has 3 rings (SSSR count). The fraction of sp³-hybridized carbons (Fsp3) is 0.125. The highest BCUT2D eigenvalue weighted by Crippen LogP contribution is 2.28. The number of rotatable bonds is 2. The number of para-hydroxylation sites is 1. The molecule has 21 heavy (non-hydrogen) atoms. The molecule has 0 aromatic heterocycles. The lowest BCUT2D eigenvalue weighted by molar-refractivity contribution is 0.0599. The Morgan fingerprint density at radius 1 is 1.14 bits per heavy atom. The highest BCUT2D eigenvalue weighted by atomic mass is 16.5. The van der Waals surface area contributed by atoms with E-state index in [1.807, 2.05) is 6.07 Å². The van der Waals surface area contributed by atoms with Gasteiger partial charge in [0, 0.05) is 5.56 Å². The minimum atomic E-state index is -0.570. The summed E-state index contributed by atoms with van der Waals surface area (Å²) in [5.74, 6) is -0.0392. The zero-order valence-corrected chi connectivity index (χ0v) is 11.3. The van der Waals surface area contributed by atoms with E-state index in [-0.39, 0.29) is 5.91 Å². The molecule has 0 fully saturated rings. The average molecular weight is 283 g/mol. The van der Waals surface area contributed by atoms with E-state index in [1.54, 1.807) is 42.5 Å². The number of hydrogen-bond acceptors (Lipinski definition) is 4. The van der Waals surface area contributed by atoms with Crippen LogP contribution in [0.1, 0.15) is 32.5 Å². The zero-order chi connectivity index (χ0) is 14.8. The van der Waals surface area contributed by atoms with Crippen molar-refractivity contribution in [3.8, 4) is 5.75 Å². The van der Waals surface area contributed by atoms with Crippen molar-refractivity contribution in [1.82, 2.24) is 5.32 Å². The summed E-state index contributed by atoms with van der Waals surface area (Å²) in [4.78, 5) is 23.4. The van der Waals surface area contributed by atoms with Gasteiger partial charge in [-0.15, -0.1) is 0 Å². The van der Waals surface area contributed by atoms with Crippen LogP contribution < -0.4 is 10.1 Å². The second-order valence-electron chi connectivity index (χ2n) is 4.58. The number of amides is 1. The smallest absolute Gasteiger partial charge is 0.337 e. The van der Waals surface area contributed by atoms with Gasteiger partial charge in [-0.3, -0.25) is 4.79 Å². The van der Waals surface area contributed by atoms with Gasteiger partial charge in [-0.1, -0.05) is 24.3 Å². The molecular formula is C16H13NO4. The van der Waals surface area contributed by atoms with Crippen molar-refractivity contribution in [2.45, 2.75) is 6.23 Å². The Balaban J connectivity index is 1.86. The van der Waals surface area contributed by atoms with E-state index >= 15 is 0 Å². The van der Waals surface area contributed by atoms with E-state index in [1.165, 1.54) is 7.11 Å². The molecule has 0 saturated heterocycles. The van der Waals surface area contributed by atoms with Gasteiger partial charge in [-0.25, -0.2) is 4.79 Å². The van der Waals surface area contributed by atoms with Gasteiger partial charge in [0.1, 0.15) is 5.75 Å². The average Bonchev–Trinajstić information content (AvgIpc) is 2.54. The van der Waals surface area contributed by atoms with Crippen molar-refractivity contribution in [2.24, 2.45) is 0 Å². The Morgan fingerprint density at radius 3 is 2.57 bits per heavy atom. The lowest BCUT2D eigenvalue weighted by Crippen LogP contribution is -2.36. The van der Waals surface area contributed by atoms with E-state index < -0.39 is 12.2 Å². The van der Waals surface area contributed by atoms with E-state index in [0.717, 1.165) is 5.56 Å². The molecule has 0 radical (unpaired) electrons. The second-order valence-corrected chi connectivity index (χ2v) is 4.58. The first-order valence-electron chi connectivity index (χ1n) is 6.44. The van der Waals surface area contributed by atoms with Crippen LogP contribution in [0.25, 0.3) is 0 Å². The summed E-state index contributed by atoms with van der Waals surface area (Å²) in [5, 5.41) is 2.77. The van der Waals surface area contributed by atoms with Crippen LogP contribution in [0, 0.1) is 0 Å². The maximum absolute atomic E-state index is 12.0. The lowest BCUT2D eigenvalue weighted by Gasteiger charge is -2.27. The number of carbonyl (C=O) groups is 2. The summed E-state index contributed by atoms with van der Waals surface area (Å²) in [6, 6.07) is 13.8. The van der Waals surface area contributed by atoms with Crippen molar-refractivity contribution < 1.29 is 19.1 Å². The van der Waals surface area contributed by atoms with Crippen LogP contribution in [0.3, 0.4) is 0 Å². The van der Waals surface area contributed by atoms with E-state index in [2.05, 4.69) is 10.1 Å². The van der Waals surface area contributed by atoms with Crippen LogP contribution in [0.4, 0.5) is 0 Å². The number of fused-ring (bicyclic) bond motifs is 1. The predicted octanol–water partition coefficient (Wildman–Crippen LogP) is 2.29. The summed E-state index contributed by atoms with van der Waals surface area (Å²) in [5.41, 5.74) is 1.72. The van der Waals surface area contributed by atoms with Crippen LogP contribution in [0.15, 0.2) is 48.5 Å². The van der Waals surface area contributed by atoms with Crippen molar-refractivity contribution in [1.29, 1.82) is 0 Å². The maximum atomic E-state index is 12.0. The first kappa shape index (κ1) is 13.2. The summed E-state index contributed by atoms with van der Waals surface area (Å²) >= 11 is 0. The number of esters is 1. The molecule has 1 amide bonds. The molecule has 1 N–H and O–H groups in total. The molecule has 5 heteroatoms. The van der Waals surface area contributed by atoms with Gasteiger partial charge in [-0.2, -0.15) is 0 Å². The quantitative estimate of drug-likeness (QED) is 0.859. The minimum absolute atomic E-state index is 0.182. The minimum Gasteiger partial charge on any atom is -0.466 e. The molecule has 0 spiro atoms. The third-order valence-corrected chi connectivity index (χ3v) is 3.27. The normalized spacial score (nSPS) is 16.4. The van der Waals surface area contributed by atoms with Gasteiger partial charge in [0.2, 0.25) is 0 Å². The molecule has 0 aliphatic carbocycles. The van der Waals surface area contributed by atoms with Crippen molar-refractivity contribution in [3.63, 3.8) is 0 Å². The monoisotopic (exact) mass is 283 g/mol. The van der Waals surface area contributed by atoms with E-state index in [9.17, 15) is 9.59 Å². The van der Waals surface area contributed by atoms with Gasteiger partial charge in [0.15, 0.2) is 6.23 Å². The first-order valence-corrected chi connectivity index (χ1v) is 6.44. The largest absolute Gasteiger partial charge is 0.466 e. The molecule has 0 bridgehead atoms. The molecule has 1 aliphatic heterocycles.